The van der Waals surface area contributed by atoms with Crippen molar-refractivity contribution in [3.05, 3.63) is 23.8 Å². The average Bonchev–Trinajstić information content (AvgIpc) is 2.34. The van der Waals surface area contributed by atoms with E-state index in [0.717, 1.165) is 0 Å². The molecule has 0 fully saturated rings. The van der Waals surface area contributed by atoms with Gasteiger partial charge in [-0.2, -0.15) is 0 Å². The summed E-state index contributed by atoms with van der Waals surface area (Å²) in [5, 5.41) is 0. The standard InChI is InChI=1S/C13H18O4/c1-9(2)17-8-12(14)11-7-10(15-3)5-6-13(11)16-4/h5-7,9H,8H2,1-4H3. The van der Waals surface area contributed by atoms with E-state index in [0.29, 0.717) is 17.1 Å². The number of rotatable bonds is 6. The highest BCUT2D eigenvalue weighted by molar-refractivity contribution is 6.00. The molecule has 0 aliphatic carbocycles. The number of ketones is 1. The Labute approximate surface area is 101 Å². The van der Waals surface area contributed by atoms with Crippen LogP contribution < -0.4 is 9.47 Å². The Balaban J connectivity index is 2.89. The molecule has 0 aliphatic rings. The predicted molar refractivity (Wildman–Crippen MR) is 65.0 cm³/mol. The second-order valence-electron chi connectivity index (χ2n) is 3.85. The van der Waals surface area contributed by atoms with Crippen molar-refractivity contribution in [2.45, 2.75) is 20.0 Å². The van der Waals surface area contributed by atoms with Crippen molar-refractivity contribution in [1.29, 1.82) is 0 Å². The third-order valence-corrected chi connectivity index (χ3v) is 2.25. The second-order valence-corrected chi connectivity index (χ2v) is 3.85. The highest BCUT2D eigenvalue weighted by atomic mass is 16.5. The Hall–Kier alpha value is -1.55. The van der Waals surface area contributed by atoms with Crippen LogP contribution in [-0.2, 0) is 4.74 Å². The molecule has 0 bridgehead atoms. The number of carbonyl (C=O) groups excluding carboxylic acids is 1. The molecule has 1 aromatic carbocycles. The van der Waals surface area contributed by atoms with Crippen LogP contribution in [0.3, 0.4) is 0 Å². The van der Waals surface area contributed by atoms with Gasteiger partial charge in [-0.15, -0.1) is 0 Å². The van der Waals surface area contributed by atoms with Crippen molar-refractivity contribution < 1.29 is 19.0 Å². The lowest BCUT2D eigenvalue weighted by Gasteiger charge is -2.11. The zero-order valence-corrected chi connectivity index (χ0v) is 10.6. The van der Waals surface area contributed by atoms with Crippen molar-refractivity contribution in [2.24, 2.45) is 0 Å². The smallest absolute Gasteiger partial charge is 0.192 e. The van der Waals surface area contributed by atoms with Gasteiger partial charge in [-0.25, -0.2) is 0 Å². The lowest BCUT2D eigenvalue weighted by Crippen LogP contribution is -2.14. The van der Waals surface area contributed by atoms with Crippen LogP contribution in [0.5, 0.6) is 11.5 Å². The molecule has 0 heterocycles. The number of methoxy groups -OCH3 is 2. The quantitative estimate of drug-likeness (QED) is 0.713. The van der Waals surface area contributed by atoms with Gasteiger partial charge in [0.15, 0.2) is 5.78 Å². The maximum Gasteiger partial charge on any atom is 0.192 e. The largest absolute Gasteiger partial charge is 0.497 e. The van der Waals surface area contributed by atoms with Gasteiger partial charge in [0.25, 0.3) is 0 Å². The molecule has 4 heteroatoms. The zero-order chi connectivity index (χ0) is 12.8. The summed E-state index contributed by atoms with van der Waals surface area (Å²) in [7, 11) is 3.09. The first-order chi connectivity index (χ1) is 8.08. The van der Waals surface area contributed by atoms with E-state index in [4.69, 9.17) is 14.2 Å². The second kappa shape index (κ2) is 6.25. The molecule has 1 rings (SSSR count). The van der Waals surface area contributed by atoms with E-state index in [2.05, 4.69) is 0 Å². The fourth-order valence-electron chi connectivity index (χ4n) is 1.35. The molecule has 0 aromatic heterocycles. The first kappa shape index (κ1) is 13.5. The van der Waals surface area contributed by atoms with Crippen LogP contribution in [0.15, 0.2) is 18.2 Å². The first-order valence-electron chi connectivity index (χ1n) is 5.45. The molecule has 94 valence electrons. The van der Waals surface area contributed by atoms with E-state index in [1.165, 1.54) is 7.11 Å². The molecular weight excluding hydrogens is 220 g/mol. The summed E-state index contributed by atoms with van der Waals surface area (Å²) < 4.78 is 15.5. The molecule has 0 atom stereocenters. The Kier molecular flexibility index (Phi) is 4.97. The topological polar surface area (TPSA) is 44.8 Å². The third kappa shape index (κ3) is 3.75. The lowest BCUT2D eigenvalue weighted by atomic mass is 10.1. The number of ether oxygens (including phenoxy) is 3. The van der Waals surface area contributed by atoms with Gasteiger partial charge in [0.2, 0.25) is 0 Å². The van der Waals surface area contributed by atoms with Crippen molar-refractivity contribution in [1.82, 2.24) is 0 Å². The van der Waals surface area contributed by atoms with Gasteiger partial charge < -0.3 is 14.2 Å². The zero-order valence-electron chi connectivity index (χ0n) is 10.6. The summed E-state index contributed by atoms with van der Waals surface area (Å²) in [6.45, 7) is 3.81. The predicted octanol–water partition coefficient (Wildman–Crippen LogP) is 2.31. The normalized spacial score (nSPS) is 10.4. The summed E-state index contributed by atoms with van der Waals surface area (Å²) in [4.78, 5) is 11.9. The number of benzene rings is 1. The van der Waals surface area contributed by atoms with Crippen LogP contribution in [0.4, 0.5) is 0 Å². The van der Waals surface area contributed by atoms with Crippen molar-refractivity contribution in [2.75, 3.05) is 20.8 Å². The van der Waals surface area contributed by atoms with E-state index in [1.807, 2.05) is 13.8 Å². The van der Waals surface area contributed by atoms with Gasteiger partial charge in [-0.1, -0.05) is 0 Å². The molecule has 0 aliphatic heterocycles. The van der Waals surface area contributed by atoms with E-state index >= 15 is 0 Å². The Morgan fingerprint density at radius 1 is 1.24 bits per heavy atom. The molecule has 0 N–H and O–H groups in total. The van der Waals surface area contributed by atoms with Gasteiger partial charge in [0, 0.05) is 0 Å². The number of Topliss-reactive ketones (excluding diaryl/α,β-unsaturated/α-hetero) is 1. The van der Waals surface area contributed by atoms with E-state index in [9.17, 15) is 4.79 Å². The molecule has 0 amide bonds. The van der Waals surface area contributed by atoms with Crippen LogP contribution in [0.2, 0.25) is 0 Å². The summed E-state index contributed by atoms with van der Waals surface area (Å²) in [5.74, 6) is 1.04. The molecule has 4 nitrogen and oxygen atoms in total. The van der Waals surface area contributed by atoms with Gasteiger partial charge in [0.05, 0.1) is 25.9 Å². The molecule has 17 heavy (non-hydrogen) atoms. The van der Waals surface area contributed by atoms with E-state index in [-0.39, 0.29) is 18.5 Å². The van der Waals surface area contributed by atoms with Crippen molar-refractivity contribution >= 4 is 5.78 Å². The molecule has 0 radical (unpaired) electrons. The molecule has 1 aromatic rings. The van der Waals surface area contributed by atoms with Gasteiger partial charge in [-0.05, 0) is 32.0 Å². The Bertz CT molecular complexity index is 385. The van der Waals surface area contributed by atoms with E-state index in [1.54, 1.807) is 25.3 Å². The maximum atomic E-state index is 11.9. The fourth-order valence-corrected chi connectivity index (χ4v) is 1.35. The van der Waals surface area contributed by atoms with E-state index < -0.39 is 0 Å². The Morgan fingerprint density at radius 3 is 2.47 bits per heavy atom. The average molecular weight is 238 g/mol. The number of carbonyl (C=O) groups is 1. The van der Waals surface area contributed by atoms with Gasteiger partial charge in [0.1, 0.15) is 18.1 Å². The lowest BCUT2D eigenvalue weighted by molar-refractivity contribution is 0.0582. The highest BCUT2D eigenvalue weighted by Crippen LogP contribution is 2.24. The monoisotopic (exact) mass is 238 g/mol. The summed E-state index contributed by atoms with van der Waals surface area (Å²) >= 11 is 0. The van der Waals surface area contributed by atoms with Crippen molar-refractivity contribution in [3.63, 3.8) is 0 Å². The molecule has 0 spiro atoms. The first-order valence-corrected chi connectivity index (χ1v) is 5.45. The van der Waals surface area contributed by atoms with Crippen LogP contribution in [0, 0.1) is 0 Å². The Morgan fingerprint density at radius 2 is 1.94 bits per heavy atom. The molecule has 0 unspecified atom stereocenters. The maximum absolute atomic E-state index is 11.9. The minimum atomic E-state index is -0.116. The molecule has 0 saturated heterocycles. The number of hydrogen-bond donors (Lipinski definition) is 0. The van der Waals surface area contributed by atoms with Crippen LogP contribution >= 0.6 is 0 Å². The molecule has 0 saturated carbocycles. The SMILES string of the molecule is COc1ccc(OC)c(C(=O)COC(C)C)c1. The van der Waals surface area contributed by atoms with Crippen LogP contribution in [0.1, 0.15) is 24.2 Å². The fraction of sp³-hybridized carbons (Fsp3) is 0.462. The number of hydrogen-bond acceptors (Lipinski definition) is 4. The van der Waals surface area contributed by atoms with Gasteiger partial charge in [-0.3, -0.25) is 4.79 Å². The van der Waals surface area contributed by atoms with Crippen LogP contribution in [-0.4, -0.2) is 32.7 Å². The summed E-state index contributed by atoms with van der Waals surface area (Å²) in [6.07, 6.45) is 0.0237. The minimum absolute atomic E-state index is 0.0237. The third-order valence-electron chi connectivity index (χ3n) is 2.25. The van der Waals surface area contributed by atoms with Gasteiger partial charge >= 0.3 is 0 Å². The van der Waals surface area contributed by atoms with Crippen LogP contribution in [0.25, 0.3) is 0 Å². The molecular formula is C13H18O4. The summed E-state index contributed by atoms with van der Waals surface area (Å²) in [6, 6.07) is 5.12. The highest BCUT2D eigenvalue weighted by Gasteiger charge is 2.14. The minimum Gasteiger partial charge on any atom is -0.497 e. The summed E-state index contributed by atoms with van der Waals surface area (Å²) in [5.41, 5.74) is 0.479. The van der Waals surface area contributed by atoms with Crippen molar-refractivity contribution in [3.8, 4) is 11.5 Å².